The SMILES string of the molecule is C=C1CCC(N2Cc3cc(O[C@H]4[C@H]5CC[C@H](C5)[C@@H]4N4CC(OCC)C4)ccc3C2=O)C(=O)N1. The quantitative estimate of drug-likeness (QED) is 0.720. The van der Waals surface area contributed by atoms with Gasteiger partial charge in [0.1, 0.15) is 17.9 Å². The van der Waals surface area contributed by atoms with E-state index < -0.39 is 6.04 Å². The van der Waals surface area contributed by atoms with Crippen molar-refractivity contribution in [2.24, 2.45) is 11.8 Å². The fourth-order valence-electron chi connectivity index (χ4n) is 6.80. The molecule has 5 atom stereocenters. The van der Waals surface area contributed by atoms with Crippen LogP contribution in [0.1, 0.15) is 54.9 Å². The third-order valence-corrected chi connectivity index (χ3v) is 8.38. The van der Waals surface area contributed by atoms with E-state index in [2.05, 4.69) is 23.7 Å². The molecule has 1 N–H and O–H groups in total. The van der Waals surface area contributed by atoms with Crippen molar-refractivity contribution in [1.82, 2.24) is 15.1 Å². The Morgan fingerprint density at radius 2 is 1.97 bits per heavy atom. The van der Waals surface area contributed by atoms with Gasteiger partial charge in [0, 0.05) is 43.5 Å². The summed E-state index contributed by atoms with van der Waals surface area (Å²) in [5, 5.41) is 2.80. The van der Waals surface area contributed by atoms with Gasteiger partial charge in [-0.1, -0.05) is 6.58 Å². The summed E-state index contributed by atoms with van der Waals surface area (Å²) in [4.78, 5) is 29.7. The van der Waals surface area contributed by atoms with Gasteiger partial charge in [-0.05, 0) is 74.6 Å². The molecule has 0 radical (unpaired) electrons. The lowest BCUT2D eigenvalue weighted by Crippen LogP contribution is -2.61. The van der Waals surface area contributed by atoms with Gasteiger partial charge in [0.15, 0.2) is 0 Å². The van der Waals surface area contributed by atoms with Gasteiger partial charge >= 0.3 is 0 Å². The summed E-state index contributed by atoms with van der Waals surface area (Å²) < 4.78 is 12.4. The molecule has 33 heavy (non-hydrogen) atoms. The molecule has 2 bridgehead atoms. The number of carbonyl (C=O) groups is 2. The highest BCUT2D eigenvalue weighted by Crippen LogP contribution is 2.49. The predicted molar refractivity (Wildman–Crippen MR) is 123 cm³/mol. The Kier molecular flexibility index (Phi) is 5.22. The van der Waals surface area contributed by atoms with Crippen LogP contribution < -0.4 is 10.1 Å². The van der Waals surface area contributed by atoms with Gasteiger partial charge in [-0.2, -0.15) is 0 Å². The molecule has 7 heteroatoms. The van der Waals surface area contributed by atoms with E-state index in [1.807, 2.05) is 18.2 Å². The summed E-state index contributed by atoms with van der Waals surface area (Å²) in [6.45, 7) is 9.14. The average Bonchev–Trinajstić information content (AvgIpc) is 3.45. The van der Waals surface area contributed by atoms with Crippen molar-refractivity contribution in [3.8, 4) is 5.75 Å². The van der Waals surface area contributed by atoms with Crippen molar-refractivity contribution in [2.45, 2.75) is 69.9 Å². The van der Waals surface area contributed by atoms with E-state index >= 15 is 0 Å². The summed E-state index contributed by atoms with van der Waals surface area (Å²) in [5.74, 6) is 1.97. The van der Waals surface area contributed by atoms with E-state index in [1.165, 1.54) is 19.3 Å². The molecule has 2 amide bonds. The van der Waals surface area contributed by atoms with E-state index in [1.54, 1.807) is 4.90 Å². The molecule has 6 rings (SSSR count). The minimum Gasteiger partial charge on any atom is -0.488 e. The standard InChI is InChI=1S/C26H33N3O4/c1-3-32-20-13-28(14-20)23-16-5-6-17(10-16)24(23)33-19-7-8-21-18(11-19)12-29(26(21)31)22-9-4-15(2)27-25(22)30/h7-8,11,16-17,20,22-24H,2-6,9-10,12-14H2,1H3,(H,27,30)/t16-,17+,22?,23+,24+/m1/s1. The molecule has 3 heterocycles. The van der Waals surface area contributed by atoms with Gasteiger partial charge in [-0.15, -0.1) is 0 Å². The smallest absolute Gasteiger partial charge is 0.255 e. The number of fused-ring (bicyclic) bond motifs is 3. The summed E-state index contributed by atoms with van der Waals surface area (Å²) >= 11 is 0. The fraction of sp³-hybridized carbons (Fsp3) is 0.615. The van der Waals surface area contributed by atoms with E-state index in [-0.39, 0.29) is 17.9 Å². The van der Waals surface area contributed by atoms with Gasteiger partial charge < -0.3 is 19.7 Å². The molecule has 2 aliphatic carbocycles. The van der Waals surface area contributed by atoms with E-state index in [0.29, 0.717) is 48.9 Å². The summed E-state index contributed by atoms with van der Waals surface area (Å²) in [7, 11) is 0. The lowest BCUT2D eigenvalue weighted by Gasteiger charge is -2.47. The van der Waals surface area contributed by atoms with Gasteiger partial charge in [0.05, 0.1) is 6.10 Å². The maximum atomic E-state index is 13.0. The van der Waals surface area contributed by atoms with Crippen molar-refractivity contribution in [3.05, 3.63) is 41.6 Å². The van der Waals surface area contributed by atoms with Crippen LogP contribution in [0.3, 0.4) is 0 Å². The maximum Gasteiger partial charge on any atom is 0.255 e. The van der Waals surface area contributed by atoms with Crippen LogP contribution in [-0.2, 0) is 16.1 Å². The first-order valence-corrected chi connectivity index (χ1v) is 12.5. The number of allylic oxidation sites excluding steroid dienone is 1. The van der Waals surface area contributed by atoms with Crippen molar-refractivity contribution in [3.63, 3.8) is 0 Å². The zero-order chi connectivity index (χ0) is 22.7. The van der Waals surface area contributed by atoms with E-state index in [4.69, 9.17) is 9.47 Å². The van der Waals surface area contributed by atoms with Crippen LogP contribution in [0.25, 0.3) is 0 Å². The molecule has 3 aliphatic heterocycles. The first-order valence-electron chi connectivity index (χ1n) is 12.5. The second kappa shape index (κ2) is 8.13. The Morgan fingerprint density at radius 1 is 1.15 bits per heavy atom. The number of amides is 2. The summed E-state index contributed by atoms with van der Waals surface area (Å²) in [5.41, 5.74) is 2.37. The first kappa shape index (κ1) is 21.2. The minimum absolute atomic E-state index is 0.0652. The molecule has 176 valence electrons. The molecule has 1 unspecified atom stereocenters. The molecule has 1 aromatic rings. The van der Waals surface area contributed by atoms with Crippen molar-refractivity contribution in [2.75, 3.05) is 19.7 Å². The van der Waals surface area contributed by atoms with Crippen LogP contribution in [0.5, 0.6) is 5.75 Å². The summed E-state index contributed by atoms with van der Waals surface area (Å²) in [6, 6.07) is 5.87. The number of hydrogen-bond acceptors (Lipinski definition) is 5. The average molecular weight is 452 g/mol. The molecule has 0 spiro atoms. The third kappa shape index (κ3) is 3.56. The highest BCUT2D eigenvalue weighted by Gasteiger charge is 2.53. The van der Waals surface area contributed by atoms with Crippen LogP contribution in [0, 0.1) is 11.8 Å². The minimum atomic E-state index is -0.431. The number of nitrogens with one attached hydrogen (secondary N) is 1. The first-order chi connectivity index (χ1) is 16.0. The van der Waals surface area contributed by atoms with Crippen molar-refractivity contribution >= 4 is 11.8 Å². The van der Waals surface area contributed by atoms with Gasteiger partial charge in [-0.3, -0.25) is 14.5 Å². The lowest BCUT2D eigenvalue weighted by molar-refractivity contribution is -0.126. The molecular formula is C26H33N3O4. The zero-order valence-corrected chi connectivity index (χ0v) is 19.3. The second-order valence-corrected chi connectivity index (χ2v) is 10.3. The van der Waals surface area contributed by atoms with Crippen molar-refractivity contribution in [1.29, 1.82) is 0 Å². The molecule has 1 aromatic carbocycles. The highest BCUT2D eigenvalue weighted by molar-refractivity contribution is 6.01. The Bertz CT molecular complexity index is 988. The van der Waals surface area contributed by atoms with Crippen LogP contribution in [0.4, 0.5) is 0 Å². The maximum absolute atomic E-state index is 13.0. The number of hydrogen-bond donors (Lipinski definition) is 1. The molecule has 7 nitrogen and oxygen atoms in total. The van der Waals surface area contributed by atoms with Gasteiger partial charge in [0.25, 0.3) is 5.91 Å². The number of rotatable bonds is 6. The normalized spacial score (nSPS) is 33.9. The Hall–Kier alpha value is -2.38. The van der Waals surface area contributed by atoms with Gasteiger partial charge in [0.2, 0.25) is 5.91 Å². The summed E-state index contributed by atoms with van der Waals surface area (Å²) in [6.07, 6.45) is 5.69. The Labute approximate surface area is 195 Å². The van der Waals surface area contributed by atoms with Crippen LogP contribution in [-0.4, -0.2) is 65.6 Å². The fourth-order valence-corrected chi connectivity index (χ4v) is 6.80. The number of piperidine rings is 1. The largest absolute Gasteiger partial charge is 0.488 e. The number of nitrogens with zero attached hydrogens (tertiary/aromatic N) is 2. The van der Waals surface area contributed by atoms with Gasteiger partial charge in [-0.25, -0.2) is 0 Å². The number of likely N-dealkylation sites (tertiary alicyclic amines) is 1. The van der Waals surface area contributed by atoms with E-state index in [0.717, 1.165) is 36.7 Å². The zero-order valence-electron chi connectivity index (χ0n) is 19.3. The van der Waals surface area contributed by atoms with Crippen LogP contribution >= 0.6 is 0 Å². The third-order valence-electron chi connectivity index (χ3n) is 8.38. The molecular weight excluding hydrogens is 418 g/mol. The van der Waals surface area contributed by atoms with Crippen LogP contribution in [0.2, 0.25) is 0 Å². The number of benzene rings is 1. The lowest BCUT2D eigenvalue weighted by atomic mass is 9.89. The number of carbonyl (C=O) groups excluding carboxylic acids is 2. The second-order valence-electron chi connectivity index (χ2n) is 10.3. The number of ether oxygens (including phenoxy) is 2. The monoisotopic (exact) mass is 451 g/mol. The molecule has 4 fully saturated rings. The van der Waals surface area contributed by atoms with E-state index in [9.17, 15) is 9.59 Å². The Morgan fingerprint density at radius 3 is 2.76 bits per heavy atom. The Balaban J connectivity index is 1.16. The topological polar surface area (TPSA) is 71.1 Å². The molecule has 2 saturated heterocycles. The molecule has 5 aliphatic rings. The predicted octanol–water partition coefficient (Wildman–Crippen LogP) is 2.70. The van der Waals surface area contributed by atoms with Crippen LogP contribution in [0.15, 0.2) is 30.5 Å². The highest BCUT2D eigenvalue weighted by atomic mass is 16.5. The van der Waals surface area contributed by atoms with Crippen molar-refractivity contribution < 1.29 is 19.1 Å². The molecule has 2 saturated carbocycles. The molecule has 0 aromatic heterocycles.